The summed E-state index contributed by atoms with van der Waals surface area (Å²) < 4.78 is 4.58. The number of ether oxygens (including phenoxy) is 1. The van der Waals surface area contributed by atoms with Gasteiger partial charge in [0.1, 0.15) is 0 Å². The molecular weight excluding hydrogens is 392 g/mol. The van der Waals surface area contributed by atoms with Crippen molar-refractivity contribution in [3.05, 3.63) is 65.2 Å². The molecule has 2 rings (SSSR count). The number of amides is 1. The number of anilines is 1. The number of guanidine groups is 1. The fraction of sp³-hybridized carbons (Fsp3) is 0.417. The second kappa shape index (κ2) is 11.4. The van der Waals surface area contributed by atoms with E-state index in [0.717, 1.165) is 11.1 Å². The highest BCUT2D eigenvalue weighted by Gasteiger charge is 2.15. The van der Waals surface area contributed by atoms with E-state index in [2.05, 4.69) is 58.6 Å². The highest BCUT2D eigenvalue weighted by Crippen LogP contribution is 2.23. The second-order valence-electron chi connectivity index (χ2n) is 8.28. The molecule has 31 heavy (non-hydrogen) atoms. The third-order valence-corrected chi connectivity index (χ3v) is 4.77. The number of rotatable bonds is 7. The number of aliphatic hydroxyl groups is 1. The Morgan fingerprint density at radius 1 is 1.06 bits per heavy atom. The van der Waals surface area contributed by atoms with Gasteiger partial charge < -0.3 is 20.5 Å². The molecule has 168 valence electrons. The molecule has 0 spiro atoms. The maximum absolute atomic E-state index is 11.3. The van der Waals surface area contributed by atoms with E-state index in [1.807, 2.05) is 31.2 Å². The van der Waals surface area contributed by atoms with Crippen LogP contribution in [0.25, 0.3) is 0 Å². The average molecular weight is 427 g/mol. The largest absolute Gasteiger partial charge is 0.453 e. The van der Waals surface area contributed by atoms with E-state index >= 15 is 0 Å². The first-order valence-electron chi connectivity index (χ1n) is 10.5. The van der Waals surface area contributed by atoms with E-state index in [9.17, 15) is 9.90 Å². The molecule has 0 fully saturated rings. The summed E-state index contributed by atoms with van der Waals surface area (Å²) in [6.07, 6.45) is -1.14. The SMILES string of the molecule is CCNC(=NCc1ccc(NC(=O)OC)cc1)NCC(O)c1ccc(C(C)(C)C)cc1. The van der Waals surface area contributed by atoms with Crippen molar-refractivity contribution in [2.24, 2.45) is 4.99 Å². The number of aliphatic imine (C=N–C) groups is 1. The Labute approximate surface area is 184 Å². The molecule has 0 aliphatic rings. The predicted molar refractivity (Wildman–Crippen MR) is 125 cm³/mol. The summed E-state index contributed by atoms with van der Waals surface area (Å²) in [6, 6.07) is 15.5. The van der Waals surface area contributed by atoms with Crippen LogP contribution in [0.2, 0.25) is 0 Å². The molecule has 2 aromatic carbocycles. The van der Waals surface area contributed by atoms with Crippen LogP contribution in [-0.4, -0.2) is 37.4 Å². The molecule has 0 heterocycles. The number of hydrogen-bond donors (Lipinski definition) is 4. The van der Waals surface area contributed by atoms with E-state index in [0.29, 0.717) is 31.3 Å². The number of hydrogen-bond acceptors (Lipinski definition) is 4. The predicted octanol–water partition coefficient (Wildman–Crippen LogP) is 3.95. The van der Waals surface area contributed by atoms with Gasteiger partial charge in [0, 0.05) is 18.8 Å². The van der Waals surface area contributed by atoms with E-state index in [1.165, 1.54) is 12.7 Å². The summed E-state index contributed by atoms with van der Waals surface area (Å²) in [5.41, 5.74) is 3.83. The molecule has 0 aliphatic carbocycles. The Morgan fingerprint density at radius 3 is 2.26 bits per heavy atom. The number of carbonyl (C=O) groups excluding carboxylic acids is 1. The zero-order chi connectivity index (χ0) is 22.9. The fourth-order valence-corrected chi connectivity index (χ4v) is 2.89. The maximum atomic E-state index is 11.3. The summed E-state index contributed by atoms with van der Waals surface area (Å²) in [7, 11) is 1.32. The molecule has 0 saturated heterocycles. The van der Waals surface area contributed by atoms with Gasteiger partial charge in [-0.25, -0.2) is 9.79 Å². The third kappa shape index (κ3) is 7.94. The molecule has 1 amide bonds. The summed E-state index contributed by atoms with van der Waals surface area (Å²) in [5, 5.41) is 19.5. The summed E-state index contributed by atoms with van der Waals surface area (Å²) in [6.45, 7) is 10.0. The lowest BCUT2D eigenvalue weighted by molar-refractivity contribution is 0.180. The van der Waals surface area contributed by atoms with Gasteiger partial charge in [0.05, 0.1) is 19.8 Å². The van der Waals surface area contributed by atoms with Gasteiger partial charge in [-0.05, 0) is 41.2 Å². The van der Waals surface area contributed by atoms with Crippen LogP contribution in [0.3, 0.4) is 0 Å². The first-order valence-corrected chi connectivity index (χ1v) is 10.5. The molecule has 0 aliphatic heterocycles. The molecule has 0 aromatic heterocycles. The standard InChI is InChI=1S/C24H34N4O3/c1-6-25-22(26-15-17-7-13-20(14-8-17)28-23(30)31-5)27-16-21(29)18-9-11-19(12-10-18)24(2,3)4/h7-14,21,29H,6,15-16H2,1-5H3,(H,28,30)(H2,25,26,27). The smallest absolute Gasteiger partial charge is 0.411 e. The Balaban J connectivity index is 1.94. The Morgan fingerprint density at radius 2 is 1.71 bits per heavy atom. The maximum Gasteiger partial charge on any atom is 0.411 e. The summed E-state index contributed by atoms with van der Waals surface area (Å²) >= 11 is 0. The Kier molecular flexibility index (Phi) is 8.88. The van der Waals surface area contributed by atoms with Gasteiger partial charge in [0.15, 0.2) is 5.96 Å². The minimum absolute atomic E-state index is 0.0835. The van der Waals surface area contributed by atoms with Crippen molar-refractivity contribution in [1.29, 1.82) is 0 Å². The molecule has 1 unspecified atom stereocenters. The van der Waals surface area contributed by atoms with E-state index in [4.69, 9.17) is 0 Å². The van der Waals surface area contributed by atoms with Crippen molar-refractivity contribution >= 4 is 17.7 Å². The Hall–Kier alpha value is -3.06. The number of carbonyl (C=O) groups is 1. The van der Waals surface area contributed by atoms with Gasteiger partial charge in [0.2, 0.25) is 0 Å². The molecule has 0 radical (unpaired) electrons. The highest BCUT2D eigenvalue weighted by molar-refractivity contribution is 5.84. The van der Waals surface area contributed by atoms with Crippen molar-refractivity contribution in [3.63, 3.8) is 0 Å². The summed E-state index contributed by atoms with van der Waals surface area (Å²) in [5.74, 6) is 0.629. The van der Waals surface area contributed by atoms with Crippen LogP contribution >= 0.6 is 0 Å². The molecule has 0 saturated carbocycles. The Bertz CT molecular complexity index is 856. The van der Waals surface area contributed by atoms with Crippen LogP contribution in [0, 0.1) is 0 Å². The van der Waals surface area contributed by atoms with Gasteiger partial charge in [0.25, 0.3) is 0 Å². The van der Waals surface area contributed by atoms with E-state index in [1.54, 1.807) is 12.1 Å². The number of aliphatic hydroxyl groups excluding tert-OH is 1. The average Bonchev–Trinajstić information content (AvgIpc) is 2.75. The van der Waals surface area contributed by atoms with Crippen molar-refractivity contribution in [2.75, 3.05) is 25.5 Å². The van der Waals surface area contributed by atoms with Crippen LogP contribution in [0.5, 0.6) is 0 Å². The minimum atomic E-state index is -0.637. The zero-order valence-electron chi connectivity index (χ0n) is 19.0. The topological polar surface area (TPSA) is 95.0 Å². The van der Waals surface area contributed by atoms with Gasteiger partial charge >= 0.3 is 6.09 Å². The second-order valence-corrected chi connectivity index (χ2v) is 8.28. The number of nitrogens with one attached hydrogen (secondary N) is 3. The van der Waals surface area contributed by atoms with Gasteiger partial charge in [-0.15, -0.1) is 0 Å². The van der Waals surface area contributed by atoms with Crippen LogP contribution in [0.4, 0.5) is 10.5 Å². The lowest BCUT2D eigenvalue weighted by Crippen LogP contribution is -2.39. The normalized spacial score (nSPS) is 12.8. The third-order valence-electron chi connectivity index (χ3n) is 4.77. The molecule has 0 bridgehead atoms. The van der Waals surface area contributed by atoms with Gasteiger partial charge in [-0.1, -0.05) is 57.2 Å². The fourth-order valence-electron chi connectivity index (χ4n) is 2.89. The van der Waals surface area contributed by atoms with Gasteiger partial charge in [-0.2, -0.15) is 0 Å². The summed E-state index contributed by atoms with van der Waals surface area (Å²) in [4.78, 5) is 15.8. The van der Waals surface area contributed by atoms with Crippen LogP contribution in [0.15, 0.2) is 53.5 Å². The first kappa shape index (κ1) is 24.2. The number of nitrogens with zero attached hydrogens (tertiary/aromatic N) is 1. The molecular formula is C24H34N4O3. The number of methoxy groups -OCH3 is 1. The molecule has 7 nitrogen and oxygen atoms in total. The van der Waals surface area contributed by atoms with Gasteiger partial charge in [-0.3, -0.25) is 5.32 Å². The number of benzene rings is 2. The van der Waals surface area contributed by atoms with Crippen LogP contribution in [0.1, 0.15) is 50.5 Å². The minimum Gasteiger partial charge on any atom is -0.453 e. The van der Waals surface area contributed by atoms with Crippen LogP contribution < -0.4 is 16.0 Å². The quantitative estimate of drug-likeness (QED) is 0.397. The molecule has 1 atom stereocenters. The molecule has 7 heteroatoms. The lowest BCUT2D eigenvalue weighted by Gasteiger charge is -2.20. The van der Waals surface area contributed by atoms with E-state index < -0.39 is 12.2 Å². The van der Waals surface area contributed by atoms with Crippen molar-refractivity contribution < 1.29 is 14.6 Å². The molecule has 4 N–H and O–H groups in total. The monoisotopic (exact) mass is 426 g/mol. The van der Waals surface area contributed by atoms with E-state index in [-0.39, 0.29) is 5.41 Å². The van der Waals surface area contributed by atoms with Crippen LogP contribution in [-0.2, 0) is 16.7 Å². The van der Waals surface area contributed by atoms with Crippen molar-refractivity contribution in [2.45, 2.75) is 45.8 Å². The molecule has 2 aromatic rings. The zero-order valence-corrected chi connectivity index (χ0v) is 19.0. The highest BCUT2D eigenvalue weighted by atomic mass is 16.5. The lowest BCUT2D eigenvalue weighted by atomic mass is 9.86. The first-order chi connectivity index (χ1) is 14.7. The van der Waals surface area contributed by atoms with Crippen molar-refractivity contribution in [1.82, 2.24) is 10.6 Å². The van der Waals surface area contributed by atoms with Crippen molar-refractivity contribution in [3.8, 4) is 0 Å².